The van der Waals surface area contributed by atoms with Crippen LogP contribution in [0, 0.1) is 0 Å². The zero-order valence-corrected chi connectivity index (χ0v) is 9.34. The maximum absolute atomic E-state index is 5.61. The number of benzene rings is 1. The molecule has 1 atom stereocenters. The molecule has 4 heteroatoms. The van der Waals surface area contributed by atoms with Crippen molar-refractivity contribution in [2.45, 2.75) is 12.6 Å². The number of fused-ring (bicyclic) bond motifs is 1. The first-order valence-electron chi connectivity index (χ1n) is 5.62. The van der Waals surface area contributed by atoms with Crippen LogP contribution in [0.3, 0.4) is 0 Å². The van der Waals surface area contributed by atoms with Gasteiger partial charge in [-0.25, -0.2) is 9.97 Å². The van der Waals surface area contributed by atoms with Crippen molar-refractivity contribution >= 4 is 0 Å². The van der Waals surface area contributed by atoms with E-state index in [1.54, 1.807) is 0 Å². The van der Waals surface area contributed by atoms with Crippen LogP contribution in [0.5, 0.6) is 5.75 Å². The second-order valence-electron chi connectivity index (χ2n) is 4.03. The zero-order valence-electron chi connectivity index (χ0n) is 9.34. The van der Waals surface area contributed by atoms with Crippen molar-refractivity contribution in [1.29, 1.82) is 0 Å². The minimum atomic E-state index is 0.256. The summed E-state index contributed by atoms with van der Waals surface area (Å²) in [4.78, 5) is 7.98. The summed E-state index contributed by atoms with van der Waals surface area (Å²) in [6, 6.07) is 8.39. The fourth-order valence-corrected chi connectivity index (χ4v) is 1.99. The lowest BCUT2D eigenvalue weighted by Gasteiger charge is -2.10. The summed E-state index contributed by atoms with van der Waals surface area (Å²) in [6.07, 6.45) is 5.18. The molecule has 1 unspecified atom stereocenters. The molecule has 4 nitrogen and oxygen atoms in total. The summed E-state index contributed by atoms with van der Waals surface area (Å²) in [7, 11) is 0. The topological polar surface area (TPSA) is 47.0 Å². The molecule has 0 fully saturated rings. The predicted molar refractivity (Wildman–Crippen MR) is 63.5 cm³/mol. The molecule has 1 aliphatic rings. The van der Waals surface area contributed by atoms with Gasteiger partial charge in [0.1, 0.15) is 18.7 Å². The van der Waals surface area contributed by atoms with E-state index in [0.717, 1.165) is 17.9 Å². The zero-order chi connectivity index (χ0) is 11.5. The SMILES string of the molecule is c1ccc2c(c1)OCC2NCc1cncnc1. The van der Waals surface area contributed by atoms with Gasteiger partial charge >= 0.3 is 0 Å². The second-order valence-corrected chi connectivity index (χ2v) is 4.03. The third kappa shape index (κ3) is 2.12. The van der Waals surface area contributed by atoms with Crippen LogP contribution in [-0.2, 0) is 6.54 Å². The summed E-state index contributed by atoms with van der Waals surface area (Å²) in [5, 5.41) is 3.45. The third-order valence-electron chi connectivity index (χ3n) is 2.87. The van der Waals surface area contributed by atoms with Gasteiger partial charge in [-0.15, -0.1) is 0 Å². The normalized spacial score (nSPS) is 17.5. The van der Waals surface area contributed by atoms with Crippen LogP contribution in [-0.4, -0.2) is 16.6 Å². The first kappa shape index (κ1) is 10.2. The minimum absolute atomic E-state index is 0.256. The molecule has 0 saturated carbocycles. The molecule has 0 amide bonds. The molecule has 0 bridgehead atoms. The highest BCUT2D eigenvalue weighted by molar-refractivity contribution is 5.39. The average Bonchev–Trinajstić information content (AvgIpc) is 2.81. The smallest absolute Gasteiger partial charge is 0.124 e. The Balaban J connectivity index is 1.68. The molecule has 3 rings (SSSR count). The Morgan fingerprint density at radius 2 is 2.06 bits per heavy atom. The van der Waals surface area contributed by atoms with Crippen LogP contribution in [0.4, 0.5) is 0 Å². The highest BCUT2D eigenvalue weighted by Crippen LogP contribution is 2.31. The summed E-state index contributed by atoms with van der Waals surface area (Å²) in [5.74, 6) is 0.981. The molecule has 1 aromatic heterocycles. The van der Waals surface area contributed by atoms with Crippen molar-refractivity contribution in [2.75, 3.05) is 6.61 Å². The van der Waals surface area contributed by atoms with E-state index in [1.165, 1.54) is 11.9 Å². The Morgan fingerprint density at radius 1 is 1.24 bits per heavy atom. The number of para-hydroxylation sites is 1. The van der Waals surface area contributed by atoms with Crippen molar-refractivity contribution in [3.63, 3.8) is 0 Å². The summed E-state index contributed by atoms with van der Waals surface area (Å²) in [6.45, 7) is 1.44. The number of nitrogens with zero attached hydrogens (tertiary/aromatic N) is 2. The van der Waals surface area contributed by atoms with Gasteiger partial charge in [0.05, 0.1) is 6.04 Å². The van der Waals surface area contributed by atoms with Crippen LogP contribution in [0.1, 0.15) is 17.2 Å². The first-order chi connectivity index (χ1) is 8.43. The third-order valence-corrected chi connectivity index (χ3v) is 2.87. The monoisotopic (exact) mass is 227 g/mol. The van der Waals surface area contributed by atoms with Gasteiger partial charge in [0.25, 0.3) is 0 Å². The Morgan fingerprint density at radius 3 is 2.94 bits per heavy atom. The number of rotatable bonds is 3. The van der Waals surface area contributed by atoms with Gasteiger partial charge in [0.2, 0.25) is 0 Å². The molecule has 1 aromatic carbocycles. The fourth-order valence-electron chi connectivity index (χ4n) is 1.99. The Labute approximate surface area is 99.7 Å². The highest BCUT2D eigenvalue weighted by atomic mass is 16.5. The molecule has 0 radical (unpaired) electrons. The largest absolute Gasteiger partial charge is 0.491 e. The predicted octanol–water partition coefficient (Wildman–Crippen LogP) is 1.70. The van der Waals surface area contributed by atoms with E-state index in [0.29, 0.717) is 6.61 Å². The van der Waals surface area contributed by atoms with Crippen LogP contribution < -0.4 is 10.1 Å². The van der Waals surface area contributed by atoms with Gasteiger partial charge in [-0.1, -0.05) is 18.2 Å². The highest BCUT2D eigenvalue weighted by Gasteiger charge is 2.22. The Hall–Kier alpha value is -1.94. The van der Waals surface area contributed by atoms with Crippen molar-refractivity contribution in [3.8, 4) is 5.75 Å². The van der Waals surface area contributed by atoms with Crippen LogP contribution in [0.2, 0.25) is 0 Å². The Bertz CT molecular complexity index is 501. The molecule has 0 aliphatic carbocycles. The maximum atomic E-state index is 5.61. The molecule has 1 aliphatic heterocycles. The summed E-state index contributed by atoms with van der Waals surface area (Å²) < 4.78 is 5.61. The Kier molecular flexibility index (Phi) is 2.71. The van der Waals surface area contributed by atoms with Crippen LogP contribution in [0.25, 0.3) is 0 Å². The molecule has 86 valence electrons. The van der Waals surface area contributed by atoms with Gasteiger partial charge < -0.3 is 10.1 Å². The van der Waals surface area contributed by atoms with E-state index in [1.807, 2.05) is 30.6 Å². The van der Waals surface area contributed by atoms with Gasteiger partial charge in [0.15, 0.2) is 0 Å². The summed E-state index contributed by atoms with van der Waals surface area (Å²) >= 11 is 0. The van der Waals surface area contributed by atoms with Crippen molar-refractivity contribution in [1.82, 2.24) is 15.3 Å². The van der Waals surface area contributed by atoms with E-state index < -0.39 is 0 Å². The van der Waals surface area contributed by atoms with Gasteiger partial charge in [-0.3, -0.25) is 0 Å². The van der Waals surface area contributed by atoms with E-state index >= 15 is 0 Å². The van der Waals surface area contributed by atoms with Gasteiger partial charge in [-0.05, 0) is 6.07 Å². The number of ether oxygens (including phenoxy) is 1. The molecule has 2 heterocycles. The summed E-state index contributed by atoms with van der Waals surface area (Å²) in [5.41, 5.74) is 2.31. The van der Waals surface area contributed by atoms with Gasteiger partial charge in [-0.2, -0.15) is 0 Å². The van der Waals surface area contributed by atoms with Crippen molar-refractivity contribution in [2.24, 2.45) is 0 Å². The number of hydrogen-bond acceptors (Lipinski definition) is 4. The molecule has 0 spiro atoms. The molecular formula is C13H13N3O. The van der Waals surface area contributed by atoms with E-state index in [2.05, 4.69) is 21.4 Å². The van der Waals surface area contributed by atoms with Crippen LogP contribution in [0.15, 0.2) is 43.0 Å². The van der Waals surface area contributed by atoms with Crippen molar-refractivity contribution in [3.05, 3.63) is 54.1 Å². The fraction of sp³-hybridized carbons (Fsp3) is 0.231. The minimum Gasteiger partial charge on any atom is -0.491 e. The number of nitrogens with one attached hydrogen (secondary N) is 1. The maximum Gasteiger partial charge on any atom is 0.124 e. The van der Waals surface area contributed by atoms with E-state index in [-0.39, 0.29) is 6.04 Å². The first-order valence-corrected chi connectivity index (χ1v) is 5.62. The molecular weight excluding hydrogens is 214 g/mol. The molecule has 0 saturated heterocycles. The molecule has 1 N–H and O–H groups in total. The van der Waals surface area contributed by atoms with Gasteiger partial charge in [0, 0.05) is 30.1 Å². The lowest BCUT2D eigenvalue weighted by molar-refractivity contribution is 0.310. The van der Waals surface area contributed by atoms with E-state index in [9.17, 15) is 0 Å². The number of aromatic nitrogens is 2. The lowest BCUT2D eigenvalue weighted by Crippen LogP contribution is -2.22. The van der Waals surface area contributed by atoms with Crippen LogP contribution >= 0.6 is 0 Å². The average molecular weight is 227 g/mol. The molecule has 2 aromatic rings. The number of hydrogen-bond donors (Lipinski definition) is 1. The van der Waals surface area contributed by atoms with Crippen molar-refractivity contribution < 1.29 is 4.74 Å². The molecule has 17 heavy (non-hydrogen) atoms. The quantitative estimate of drug-likeness (QED) is 0.867. The second kappa shape index (κ2) is 4.51. The standard InChI is InChI=1S/C13H13N3O/c1-2-4-13-11(3-1)12(8-17-13)16-7-10-5-14-9-15-6-10/h1-6,9,12,16H,7-8H2. The lowest BCUT2D eigenvalue weighted by atomic mass is 10.1. The van der Waals surface area contributed by atoms with E-state index in [4.69, 9.17) is 4.74 Å².